The highest BCUT2D eigenvalue weighted by Gasteiger charge is 2.28. The number of halogens is 1. The molecule has 1 aliphatic rings. The zero-order chi connectivity index (χ0) is 18.8. The fourth-order valence-corrected chi connectivity index (χ4v) is 4.81. The smallest absolute Gasteiger partial charge is 0.235 e. The summed E-state index contributed by atoms with van der Waals surface area (Å²) in [6.45, 7) is 3.54. The highest BCUT2D eigenvalue weighted by Crippen LogP contribution is 2.33. The minimum atomic E-state index is -0.147. The van der Waals surface area contributed by atoms with E-state index in [4.69, 9.17) is 11.6 Å². The summed E-state index contributed by atoms with van der Waals surface area (Å²) in [6.07, 6.45) is 7.32. The second-order valence-corrected chi connectivity index (χ2v) is 8.62. The molecule has 0 radical (unpaired) electrons. The summed E-state index contributed by atoms with van der Waals surface area (Å²) in [7, 11) is 0. The molecule has 0 aliphatic carbocycles. The van der Waals surface area contributed by atoms with Gasteiger partial charge in [-0.25, -0.2) is 4.98 Å². The van der Waals surface area contributed by atoms with E-state index >= 15 is 0 Å². The highest BCUT2D eigenvalue weighted by atomic mass is 35.5. The second kappa shape index (κ2) is 7.90. The standard InChI is InChI=1S/C20H21ClN4OS/c1-13(27-18-4-7-22-17-12-15(21)2-3-16(17)18)20(26)25-10-5-14(6-11-25)19-23-8-9-24-19/h2-4,7-9,12-14H,5-6,10-11H2,1H3,(H,23,24). The number of aromatic amines is 1. The average Bonchev–Trinajstić information content (AvgIpc) is 3.22. The number of aromatic nitrogens is 3. The number of hydrogen-bond donors (Lipinski definition) is 1. The summed E-state index contributed by atoms with van der Waals surface area (Å²) < 4.78 is 0. The summed E-state index contributed by atoms with van der Waals surface area (Å²) in [5, 5.41) is 1.55. The van der Waals surface area contributed by atoms with Gasteiger partial charge in [0.2, 0.25) is 5.91 Å². The molecule has 1 aliphatic heterocycles. The van der Waals surface area contributed by atoms with Crippen LogP contribution in [0.5, 0.6) is 0 Å². The maximum Gasteiger partial charge on any atom is 0.235 e. The van der Waals surface area contributed by atoms with Crippen molar-refractivity contribution in [1.82, 2.24) is 19.9 Å². The molecule has 0 spiro atoms. The summed E-state index contributed by atoms with van der Waals surface area (Å²) >= 11 is 7.65. The third-order valence-corrected chi connectivity index (χ3v) is 6.43. The van der Waals surface area contributed by atoms with Crippen molar-refractivity contribution < 1.29 is 4.79 Å². The molecule has 1 amide bonds. The number of imidazole rings is 1. The van der Waals surface area contributed by atoms with Crippen molar-refractivity contribution in [2.75, 3.05) is 13.1 Å². The molecule has 1 aromatic carbocycles. The molecular formula is C20H21ClN4OS. The Bertz CT molecular complexity index is 938. The Kier molecular flexibility index (Phi) is 5.36. The monoisotopic (exact) mass is 400 g/mol. The zero-order valence-corrected chi connectivity index (χ0v) is 16.6. The number of rotatable bonds is 4. The van der Waals surface area contributed by atoms with Crippen molar-refractivity contribution in [3.05, 3.63) is 53.7 Å². The third-order valence-electron chi connectivity index (χ3n) is 5.03. The van der Waals surface area contributed by atoms with Crippen molar-refractivity contribution >= 4 is 40.2 Å². The molecule has 7 heteroatoms. The maximum absolute atomic E-state index is 12.9. The number of hydrogen-bond acceptors (Lipinski definition) is 4. The van der Waals surface area contributed by atoms with Gasteiger partial charge < -0.3 is 9.88 Å². The minimum absolute atomic E-state index is 0.147. The van der Waals surface area contributed by atoms with Gasteiger partial charge >= 0.3 is 0 Å². The van der Waals surface area contributed by atoms with Crippen LogP contribution in [0.3, 0.4) is 0 Å². The normalized spacial score (nSPS) is 16.6. The SMILES string of the molecule is CC(Sc1ccnc2cc(Cl)ccc12)C(=O)N1CCC(c2ncc[nH]2)CC1. The van der Waals surface area contributed by atoms with Gasteiger partial charge in [0.15, 0.2) is 0 Å². The van der Waals surface area contributed by atoms with E-state index in [0.717, 1.165) is 47.6 Å². The Hall–Kier alpha value is -2.05. The van der Waals surface area contributed by atoms with Crippen LogP contribution in [0.15, 0.2) is 47.8 Å². The molecule has 1 atom stereocenters. The van der Waals surface area contributed by atoms with Crippen LogP contribution < -0.4 is 0 Å². The van der Waals surface area contributed by atoms with Crippen LogP contribution in [0.2, 0.25) is 5.02 Å². The van der Waals surface area contributed by atoms with Gasteiger partial charge in [-0.1, -0.05) is 17.7 Å². The molecule has 1 fully saturated rings. The Morgan fingerprint density at radius 1 is 1.26 bits per heavy atom. The highest BCUT2D eigenvalue weighted by molar-refractivity contribution is 8.00. The van der Waals surface area contributed by atoms with Crippen molar-refractivity contribution in [2.24, 2.45) is 0 Å². The molecule has 140 valence electrons. The molecule has 2 aromatic heterocycles. The lowest BCUT2D eigenvalue weighted by Gasteiger charge is -2.32. The van der Waals surface area contributed by atoms with Gasteiger partial charge in [-0.05, 0) is 38.0 Å². The number of carbonyl (C=O) groups excluding carboxylic acids is 1. The molecule has 27 heavy (non-hydrogen) atoms. The lowest BCUT2D eigenvalue weighted by Crippen LogP contribution is -2.41. The molecule has 0 bridgehead atoms. The van der Waals surface area contributed by atoms with E-state index < -0.39 is 0 Å². The summed E-state index contributed by atoms with van der Waals surface area (Å²) in [5.74, 6) is 1.64. The van der Waals surface area contributed by atoms with E-state index in [9.17, 15) is 4.79 Å². The molecule has 3 heterocycles. The molecule has 1 N–H and O–H groups in total. The predicted octanol–water partition coefficient (Wildman–Crippen LogP) is 4.50. The van der Waals surface area contributed by atoms with Crippen LogP contribution >= 0.6 is 23.4 Å². The van der Waals surface area contributed by atoms with Crippen LogP contribution in [0.1, 0.15) is 31.5 Å². The number of fused-ring (bicyclic) bond motifs is 1. The number of likely N-dealkylation sites (tertiary alicyclic amines) is 1. The summed E-state index contributed by atoms with van der Waals surface area (Å²) in [6, 6.07) is 7.65. The van der Waals surface area contributed by atoms with Crippen molar-refractivity contribution in [3.8, 4) is 0 Å². The first-order valence-corrected chi connectivity index (χ1v) is 10.4. The number of pyridine rings is 1. The predicted molar refractivity (Wildman–Crippen MR) is 109 cm³/mol. The minimum Gasteiger partial charge on any atom is -0.348 e. The largest absolute Gasteiger partial charge is 0.348 e. The number of H-pyrrole nitrogens is 1. The third kappa shape index (κ3) is 3.96. The van der Waals surface area contributed by atoms with Crippen LogP contribution in [-0.4, -0.2) is 44.1 Å². The first-order chi connectivity index (χ1) is 13.1. The quantitative estimate of drug-likeness (QED) is 0.655. The van der Waals surface area contributed by atoms with E-state index in [1.165, 1.54) is 0 Å². The number of piperidine rings is 1. The molecule has 5 nitrogen and oxygen atoms in total. The second-order valence-electron chi connectivity index (χ2n) is 6.80. The number of amides is 1. The van der Waals surface area contributed by atoms with Gasteiger partial charge in [0.05, 0.1) is 10.8 Å². The molecule has 3 aromatic rings. The Morgan fingerprint density at radius 2 is 2.07 bits per heavy atom. The van der Waals surface area contributed by atoms with Gasteiger partial charge in [-0.3, -0.25) is 9.78 Å². The Balaban J connectivity index is 1.42. The molecule has 0 saturated carbocycles. The van der Waals surface area contributed by atoms with Gasteiger partial charge in [0.1, 0.15) is 5.82 Å². The average molecular weight is 401 g/mol. The fourth-order valence-electron chi connectivity index (χ4n) is 3.57. The lowest BCUT2D eigenvalue weighted by atomic mass is 9.96. The van der Waals surface area contributed by atoms with Gasteiger partial charge in [0, 0.05) is 52.9 Å². The zero-order valence-electron chi connectivity index (χ0n) is 15.1. The van der Waals surface area contributed by atoms with E-state index in [-0.39, 0.29) is 11.2 Å². The van der Waals surface area contributed by atoms with E-state index in [1.807, 2.05) is 42.3 Å². The first-order valence-electron chi connectivity index (χ1n) is 9.11. The molecule has 4 rings (SSSR count). The molecule has 1 unspecified atom stereocenters. The number of carbonyl (C=O) groups is 1. The van der Waals surface area contributed by atoms with Crippen molar-refractivity contribution in [2.45, 2.75) is 35.8 Å². The summed E-state index contributed by atoms with van der Waals surface area (Å²) in [4.78, 5) is 27.9. The number of nitrogens with zero attached hydrogens (tertiary/aromatic N) is 3. The van der Waals surface area contributed by atoms with Gasteiger partial charge in [-0.15, -0.1) is 11.8 Å². The van der Waals surface area contributed by atoms with Gasteiger partial charge in [-0.2, -0.15) is 0 Å². The molecular weight excluding hydrogens is 380 g/mol. The van der Waals surface area contributed by atoms with Crippen molar-refractivity contribution in [1.29, 1.82) is 0 Å². The van der Waals surface area contributed by atoms with Crippen LogP contribution in [-0.2, 0) is 4.79 Å². The number of thioether (sulfide) groups is 1. The Morgan fingerprint density at radius 3 is 2.81 bits per heavy atom. The Labute approximate surface area is 167 Å². The van der Waals surface area contributed by atoms with Gasteiger partial charge in [0.25, 0.3) is 0 Å². The topological polar surface area (TPSA) is 61.9 Å². The van der Waals surface area contributed by atoms with Crippen LogP contribution in [0, 0.1) is 0 Å². The number of benzene rings is 1. The van der Waals surface area contributed by atoms with Crippen LogP contribution in [0.25, 0.3) is 10.9 Å². The number of nitrogens with one attached hydrogen (secondary N) is 1. The van der Waals surface area contributed by atoms with E-state index in [1.54, 1.807) is 24.2 Å². The fraction of sp³-hybridized carbons (Fsp3) is 0.350. The van der Waals surface area contributed by atoms with Crippen LogP contribution in [0.4, 0.5) is 0 Å². The lowest BCUT2D eigenvalue weighted by molar-refractivity contribution is -0.131. The molecule has 1 saturated heterocycles. The maximum atomic E-state index is 12.9. The first kappa shape index (κ1) is 18.3. The van der Waals surface area contributed by atoms with Crippen molar-refractivity contribution in [3.63, 3.8) is 0 Å². The summed E-state index contributed by atoms with van der Waals surface area (Å²) in [5.41, 5.74) is 0.853. The van der Waals surface area contributed by atoms with E-state index in [2.05, 4.69) is 15.0 Å². The van der Waals surface area contributed by atoms with E-state index in [0.29, 0.717) is 10.9 Å².